The summed E-state index contributed by atoms with van der Waals surface area (Å²) in [5.41, 5.74) is 1.93. The maximum atomic E-state index is 11.7. The van der Waals surface area contributed by atoms with E-state index in [4.69, 9.17) is 14.2 Å². The van der Waals surface area contributed by atoms with Crippen molar-refractivity contribution in [3.8, 4) is 11.5 Å². The minimum Gasteiger partial charge on any atom is -0.466 e. The minimum atomic E-state index is -0.288. The zero-order valence-electron chi connectivity index (χ0n) is 10.3. The molecule has 1 unspecified atom stereocenters. The Labute approximate surface area is 100 Å². The standard InChI is InChI=1S/C13H16O4/c1-4-15-13(14)9(3)10-6-12-11(5-8(10)2)16-7-17-12/h5-6,9H,4,7H2,1-3H3. The topological polar surface area (TPSA) is 44.8 Å². The Kier molecular flexibility index (Phi) is 3.22. The van der Waals surface area contributed by atoms with Gasteiger partial charge in [-0.05, 0) is 44.0 Å². The summed E-state index contributed by atoms with van der Waals surface area (Å²) in [4.78, 5) is 11.7. The van der Waals surface area contributed by atoms with Crippen LogP contribution in [0.15, 0.2) is 12.1 Å². The van der Waals surface area contributed by atoms with Crippen LogP contribution in [0.3, 0.4) is 0 Å². The molecule has 1 aliphatic heterocycles. The fraction of sp³-hybridized carbons (Fsp3) is 0.462. The first-order chi connectivity index (χ1) is 8.13. The molecule has 1 aromatic carbocycles. The number of carbonyl (C=O) groups is 1. The molecule has 1 heterocycles. The molecule has 4 nitrogen and oxygen atoms in total. The van der Waals surface area contributed by atoms with Gasteiger partial charge in [0.15, 0.2) is 11.5 Å². The van der Waals surface area contributed by atoms with Crippen LogP contribution in [0.5, 0.6) is 11.5 Å². The molecule has 1 atom stereocenters. The molecule has 92 valence electrons. The van der Waals surface area contributed by atoms with Gasteiger partial charge in [-0.2, -0.15) is 0 Å². The van der Waals surface area contributed by atoms with Gasteiger partial charge in [0.05, 0.1) is 12.5 Å². The molecule has 1 aliphatic rings. The Bertz CT molecular complexity index is 439. The third kappa shape index (κ3) is 2.20. The Morgan fingerprint density at radius 2 is 2.06 bits per heavy atom. The Hall–Kier alpha value is -1.71. The number of hydrogen-bond donors (Lipinski definition) is 0. The predicted molar refractivity (Wildman–Crippen MR) is 62.4 cm³/mol. The molecule has 0 radical (unpaired) electrons. The molecule has 0 N–H and O–H groups in total. The van der Waals surface area contributed by atoms with E-state index in [9.17, 15) is 4.79 Å². The highest BCUT2D eigenvalue weighted by molar-refractivity contribution is 5.78. The van der Waals surface area contributed by atoms with Crippen LogP contribution in [0.2, 0.25) is 0 Å². The van der Waals surface area contributed by atoms with E-state index in [1.807, 2.05) is 26.0 Å². The van der Waals surface area contributed by atoms with Crippen molar-refractivity contribution in [3.05, 3.63) is 23.3 Å². The van der Waals surface area contributed by atoms with Crippen molar-refractivity contribution in [2.45, 2.75) is 26.7 Å². The third-order valence-corrected chi connectivity index (χ3v) is 2.87. The van der Waals surface area contributed by atoms with Gasteiger partial charge in [-0.3, -0.25) is 4.79 Å². The van der Waals surface area contributed by atoms with Crippen molar-refractivity contribution >= 4 is 5.97 Å². The fourth-order valence-corrected chi connectivity index (χ4v) is 1.92. The molecule has 0 amide bonds. The lowest BCUT2D eigenvalue weighted by Crippen LogP contribution is -2.14. The first-order valence-electron chi connectivity index (χ1n) is 5.70. The molecule has 0 saturated heterocycles. The minimum absolute atomic E-state index is 0.213. The molecular formula is C13H16O4. The van der Waals surface area contributed by atoms with Gasteiger partial charge in [-0.25, -0.2) is 0 Å². The van der Waals surface area contributed by atoms with Crippen molar-refractivity contribution in [3.63, 3.8) is 0 Å². The summed E-state index contributed by atoms with van der Waals surface area (Å²) in [5, 5.41) is 0. The van der Waals surface area contributed by atoms with Crippen molar-refractivity contribution in [2.75, 3.05) is 13.4 Å². The van der Waals surface area contributed by atoms with Crippen molar-refractivity contribution < 1.29 is 19.0 Å². The van der Waals surface area contributed by atoms with Crippen LogP contribution in [0, 0.1) is 6.92 Å². The van der Waals surface area contributed by atoms with Gasteiger partial charge >= 0.3 is 5.97 Å². The number of benzene rings is 1. The molecule has 0 saturated carbocycles. The number of esters is 1. The Morgan fingerprint density at radius 1 is 1.41 bits per heavy atom. The van der Waals surface area contributed by atoms with Crippen LogP contribution < -0.4 is 9.47 Å². The summed E-state index contributed by atoms with van der Waals surface area (Å²) in [5.74, 6) is 0.933. The molecule has 0 bridgehead atoms. The van der Waals surface area contributed by atoms with E-state index in [0.717, 1.165) is 16.9 Å². The summed E-state index contributed by atoms with van der Waals surface area (Å²) in [6.07, 6.45) is 0. The van der Waals surface area contributed by atoms with E-state index < -0.39 is 0 Å². The first kappa shape index (κ1) is 11.8. The third-order valence-electron chi connectivity index (χ3n) is 2.87. The highest BCUT2D eigenvalue weighted by atomic mass is 16.7. The predicted octanol–water partition coefficient (Wildman–Crippen LogP) is 2.39. The zero-order valence-corrected chi connectivity index (χ0v) is 10.3. The van der Waals surface area contributed by atoms with Gasteiger partial charge < -0.3 is 14.2 Å². The number of hydrogen-bond acceptors (Lipinski definition) is 4. The molecular weight excluding hydrogens is 220 g/mol. The molecule has 17 heavy (non-hydrogen) atoms. The molecule has 0 aliphatic carbocycles. The second-order valence-corrected chi connectivity index (χ2v) is 4.04. The van der Waals surface area contributed by atoms with Gasteiger partial charge in [-0.15, -0.1) is 0 Å². The molecule has 0 spiro atoms. The number of fused-ring (bicyclic) bond motifs is 1. The largest absolute Gasteiger partial charge is 0.466 e. The van der Waals surface area contributed by atoms with Crippen LogP contribution in [0.25, 0.3) is 0 Å². The van der Waals surface area contributed by atoms with Gasteiger partial charge in [0, 0.05) is 0 Å². The van der Waals surface area contributed by atoms with Crippen LogP contribution in [0.4, 0.5) is 0 Å². The van der Waals surface area contributed by atoms with Gasteiger partial charge in [0.2, 0.25) is 6.79 Å². The van der Waals surface area contributed by atoms with Crippen LogP contribution in [-0.2, 0) is 9.53 Å². The highest BCUT2D eigenvalue weighted by Gasteiger charge is 2.22. The smallest absolute Gasteiger partial charge is 0.313 e. The molecule has 0 aromatic heterocycles. The quantitative estimate of drug-likeness (QED) is 0.756. The Morgan fingerprint density at radius 3 is 2.71 bits per heavy atom. The molecule has 4 heteroatoms. The van der Waals surface area contributed by atoms with E-state index in [1.54, 1.807) is 6.92 Å². The van der Waals surface area contributed by atoms with Crippen LogP contribution >= 0.6 is 0 Å². The van der Waals surface area contributed by atoms with Crippen LogP contribution in [0.1, 0.15) is 30.9 Å². The average molecular weight is 236 g/mol. The van der Waals surface area contributed by atoms with Crippen molar-refractivity contribution in [1.29, 1.82) is 0 Å². The van der Waals surface area contributed by atoms with Gasteiger partial charge in [-0.1, -0.05) is 0 Å². The average Bonchev–Trinajstić information content (AvgIpc) is 2.74. The lowest BCUT2D eigenvalue weighted by Gasteiger charge is -2.14. The molecule has 2 rings (SSSR count). The lowest BCUT2D eigenvalue weighted by molar-refractivity contribution is -0.144. The fourth-order valence-electron chi connectivity index (χ4n) is 1.92. The second-order valence-electron chi connectivity index (χ2n) is 4.04. The van der Waals surface area contributed by atoms with E-state index in [1.165, 1.54) is 0 Å². The van der Waals surface area contributed by atoms with E-state index in [2.05, 4.69) is 0 Å². The summed E-state index contributed by atoms with van der Waals surface area (Å²) >= 11 is 0. The number of aryl methyl sites for hydroxylation is 1. The number of carbonyl (C=O) groups excluding carboxylic acids is 1. The molecule has 0 fully saturated rings. The number of rotatable bonds is 3. The lowest BCUT2D eigenvalue weighted by atomic mass is 9.96. The highest BCUT2D eigenvalue weighted by Crippen LogP contribution is 2.37. The van der Waals surface area contributed by atoms with Gasteiger partial charge in [0.1, 0.15) is 0 Å². The summed E-state index contributed by atoms with van der Waals surface area (Å²) < 4.78 is 15.6. The molecule has 1 aromatic rings. The summed E-state index contributed by atoms with van der Waals surface area (Å²) in [6.45, 7) is 6.23. The zero-order chi connectivity index (χ0) is 12.4. The van der Waals surface area contributed by atoms with Gasteiger partial charge in [0.25, 0.3) is 0 Å². The summed E-state index contributed by atoms with van der Waals surface area (Å²) in [6, 6.07) is 3.76. The van der Waals surface area contributed by atoms with Crippen molar-refractivity contribution in [2.24, 2.45) is 0 Å². The first-order valence-corrected chi connectivity index (χ1v) is 5.70. The maximum Gasteiger partial charge on any atom is 0.313 e. The monoisotopic (exact) mass is 236 g/mol. The van der Waals surface area contributed by atoms with E-state index in [-0.39, 0.29) is 18.7 Å². The van der Waals surface area contributed by atoms with E-state index >= 15 is 0 Å². The second kappa shape index (κ2) is 4.65. The van der Waals surface area contributed by atoms with Crippen LogP contribution in [-0.4, -0.2) is 19.4 Å². The number of ether oxygens (including phenoxy) is 3. The van der Waals surface area contributed by atoms with E-state index in [0.29, 0.717) is 12.4 Å². The summed E-state index contributed by atoms with van der Waals surface area (Å²) in [7, 11) is 0. The normalized spacial score (nSPS) is 14.5. The Balaban J connectivity index is 2.29. The maximum absolute atomic E-state index is 11.7. The van der Waals surface area contributed by atoms with Crippen molar-refractivity contribution in [1.82, 2.24) is 0 Å². The SMILES string of the molecule is CCOC(=O)C(C)c1cc2c(cc1C)OCO2.